The summed E-state index contributed by atoms with van der Waals surface area (Å²) in [7, 11) is 0. The van der Waals surface area contributed by atoms with Crippen molar-refractivity contribution in [3.63, 3.8) is 0 Å². The third-order valence-corrected chi connectivity index (χ3v) is 4.00. The number of hydrogen-bond acceptors (Lipinski definition) is 3. The largest absolute Gasteiger partial charge is 0.328 e. The van der Waals surface area contributed by atoms with Crippen LogP contribution in [0.2, 0.25) is 0 Å². The van der Waals surface area contributed by atoms with E-state index in [1.165, 1.54) is 32.1 Å². The molecular formula is C12H15BrN4O. The first-order chi connectivity index (χ1) is 8.74. The number of hydrogen-bond donors (Lipinski definition) is 1. The first-order valence-corrected chi connectivity index (χ1v) is 7.14. The summed E-state index contributed by atoms with van der Waals surface area (Å²) in [4.78, 5) is 23.2. The predicted molar refractivity (Wildman–Crippen MR) is 72.4 cm³/mol. The highest BCUT2D eigenvalue weighted by atomic mass is 79.9. The van der Waals surface area contributed by atoms with Crippen LogP contribution in [0, 0.1) is 5.92 Å². The number of H-pyrrole nitrogens is 1. The Kier molecular flexibility index (Phi) is 3.20. The van der Waals surface area contributed by atoms with Crippen molar-refractivity contribution in [3.8, 4) is 0 Å². The quantitative estimate of drug-likeness (QED) is 0.926. The van der Waals surface area contributed by atoms with E-state index in [1.807, 2.05) is 0 Å². The molecule has 0 radical (unpaired) electrons. The zero-order chi connectivity index (χ0) is 12.5. The van der Waals surface area contributed by atoms with Gasteiger partial charge in [0.15, 0.2) is 11.3 Å². The number of halogens is 1. The lowest BCUT2D eigenvalue weighted by atomic mass is 9.89. The van der Waals surface area contributed by atoms with Crippen LogP contribution >= 0.6 is 15.9 Å². The fourth-order valence-electron chi connectivity index (χ4n) is 2.70. The Morgan fingerprint density at radius 1 is 1.39 bits per heavy atom. The molecule has 0 unspecified atom stereocenters. The van der Waals surface area contributed by atoms with Gasteiger partial charge in [-0.2, -0.15) is 0 Å². The van der Waals surface area contributed by atoms with Gasteiger partial charge in [-0.25, -0.2) is 14.8 Å². The molecule has 0 atom stereocenters. The zero-order valence-corrected chi connectivity index (χ0v) is 11.6. The van der Waals surface area contributed by atoms with E-state index >= 15 is 0 Å². The third kappa shape index (κ3) is 2.21. The molecule has 0 amide bonds. The molecule has 1 aliphatic carbocycles. The summed E-state index contributed by atoms with van der Waals surface area (Å²) in [5, 5.41) is 0. The second kappa shape index (κ2) is 4.84. The van der Waals surface area contributed by atoms with Gasteiger partial charge in [-0.15, -0.1) is 0 Å². The van der Waals surface area contributed by atoms with Gasteiger partial charge in [-0.05, 0) is 34.7 Å². The zero-order valence-electron chi connectivity index (χ0n) is 10.0. The minimum atomic E-state index is -0.103. The van der Waals surface area contributed by atoms with Crippen LogP contribution in [-0.4, -0.2) is 19.5 Å². The maximum Gasteiger partial charge on any atom is 0.328 e. The molecule has 3 rings (SSSR count). The topological polar surface area (TPSA) is 63.6 Å². The minimum absolute atomic E-state index is 0.103. The molecule has 0 aromatic carbocycles. The van der Waals surface area contributed by atoms with E-state index in [0.717, 1.165) is 6.54 Å². The average Bonchev–Trinajstić information content (AvgIpc) is 2.67. The standard InChI is InChI=1S/C12H15BrN4O/c13-9-6-14-10-11(15-9)17(12(18)16-10)7-8-4-2-1-3-5-8/h6,8H,1-5,7H2,(H,14,16,18). The summed E-state index contributed by atoms with van der Waals surface area (Å²) in [6.07, 6.45) is 7.89. The van der Waals surface area contributed by atoms with Gasteiger partial charge in [0.2, 0.25) is 0 Å². The Bertz CT molecular complexity index is 612. The van der Waals surface area contributed by atoms with Gasteiger partial charge in [-0.1, -0.05) is 19.3 Å². The summed E-state index contributed by atoms with van der Waals surface area (Å²) in [5.41, 5.74) is 1.12. The van der Waals surface area contributed by atoms with Crippen LogP contribution in [-0.2, 0) is 6.54 Å². The summed E-state index contributed by atoms with van der Waals surface area (Å²) >= 11 is 3.30. The van der Waals surface area contributed by atoms with E-state index < -0.39 is 0 Å². The third-order valence-electron chi connectivity index (χ3n) is 3.62. The normalized spacial score (nSPS) is 17.4. The number of rotatable bonds is 2. The number of imidazole rings is 1. The van der Waals surface area contributed by atoms with Crippen LogP contribution in [0.15, 0.2) is 15.6 Å². The molecule has 2 aromatic rings. The van der Waals surface area contributed by atoms with Gasteiger partial charge < -0.3 is 0 Å². The van der Waals surface area contributed by atoms with Crippen molar-refractivity contribution in [1.29, 1.82) is 0 Å². The first kappa shape index (κ1) is 11.9. The molecule has 96 valence electrons. The van der Waals surface area contributed by atoms with Crippen molar-refractivity contribution in [1.82, 2.24) is 19.5 Å². The van der Waals surface area contributed by atoms with Gasteiger partial charge >= 0.3 is 5.69 Å². The molecule has 0 spiro atoms. The van der Waals surface area contributed by atoms with Crippen molar-refractivity contribution in [2.45, 2.75) is 38.6 Å². The second-order valence-electron chi connectivity index (χ2n) is 4.91. The highest BCUT2D eigenvalue weighted by Crippen LogP contribution is 2.25. The average molecular weight is 311 g/mol. The fraction of sp³-hybridized carbons (Fsp3) is 0.583. The molecule has 0 aliphatic heterocycles. The van der Waals surface area contributed by atoms with Crippen LogP contribution in [0.5, 0.6) is 0 Å². The maximum atomic E-state index is 11.9. The molecule has 18 heavy (non-hydrogen) atoms. The summed E-state index contributed by atoms with van der Waals surface area (Å²) < 4.78 is 2.38. The van der Waals surface area contributed by atoms with Crippen LogP contribution < -0.4 is 5.69 Å². The van der Waals surface area contributed by atoms with E-state index in [9.17, 15) is 4.79 Å². The van der Waals surface area contributed by atoms with Crippen molar-refractivity contribution in [2.24, 2.45) is 5.92 Å². The number of aromatic amines is 1. The van der Waals surface area contributed by atoms with E-state index in [4.69, 9.17) is 0 Å². The molecule has 1 saturated carbocycles. The van der Waals surface area contributed by atoms with Crippen LogP contribution in [0.1, 0.15) is 32.1 Å². The highest BCUT2D eigenvalue weighted by Gasteiger charge is 2.17. The fourth-order valence-corrected chi connectivity index (χ4v) is 2.97. The summed E-state index contributed by atoms with van der Waals surface area (Å²) in [6.45, 7) is 0.754. The Balaban J connectivity index is 1.97. The number of nitrogens with one attached hydrogen (secondary N) is 1. The van der Waals surface area contributed by atoms with E-state index in [-0.39, 0.29) is 5.69 Å². The molecule has 5 nitrogen and oxygen atoms in total. The predicted octanol–water partition coefficient (Wildman–Crippen LogP) is 2.46. The summed E-state index contributed by atoms with van der Waals surface area (Å²) in [6, 6.07) is 0. The first-order valence-electron chi connectivity index (χ1n) is 6.35. The Labute approximate surface area is 113 Å². The molecule has 1 fully saturated rings. The molecule has 2 heterocycles. The van der Waals surface area contributed by atoms with Crippen LogP contribution in [0.25, 0.3) is 11.3 Å². The lowest BCUT2D eigenvalue weighted by molar-refractivity contribution is 0.319. The van der Waals surface area contributed by atoms with Crippen molar-refractivity contribution in [2.75, 3.05) is 0 Å². The highest BCUT2D eigenvalue weighted by molar-refractivity contribution is 9.10. The second-order valence-corrected chi connectivity index (χ2v) is 5.72. The Hall–Kier alpha value is -1.17. The van der Waals surface area contributed by atoms with Gasteiger partial charge in [-0.3, -0.25) is 9.55 Å². The Morgan fingerprint density at radius 2 is 2.17 bits per heavy atom. The Morgan fingerprint density at radius 3 is 2.94 bits per heavy atom. The van der Waals surface area contributed by atoms with E-state index in [0.29, 0.717) is 21.8 Å². The molecule has 0 saturated heterocycles. The van der Waals surface area contributed by atoms with Crippen molar-refractivity contribution >= 4 is 27.2 Å². The van der Waals surface area contributed by atoms with Gasteiger partial charge in [0, 0.05) is 6.54 Å². The molecule has 6 heteroatoms. The van der Waals surface area contributed by atoms with Crippen LogP contribution in [0.4, 0.5) is 0 Å². The van der Waals surface area contributed by atoms with Crippen LogP contribution in [0.3, 0.4) is 0 Å². The number of fused-ring (bicyclic) bond motifs is 1. The van der Waals surface area contributed by atoms with Gasteiger partial charge in [0.1, 0.15) is 4.60 Å². The monoisotopic (exact) mass is 310 g/mol. The molecular weight excluding hydrogens is 296 g/mol. The molecule has 1 aliphatic rings. The minimum Gasteiger partial charge on any atom is -0.289 e. The lowest BCUT2D eigenvalue weighted by Crippen LogP contribution is -2.23. The maximum absolute atomic E-state index is 11.9. The van der Waals surface area contributed by atoms with Gasteiger partial charge in [0.05, 0.1) is 6.20 Å². The SMILES string of the molecule is O=c1[nH]c2ncc(Br)nc2n1CC1CCCCC1. The van der Waals surface area contributed by atoms with Crippen molar-refractivity contribution < 1.29 is 0 Å². The summed E-state index contributed by atoms with van der Waals surface area (Å²) in [5.74, 6) is 0.594. The lowest BCUT2D eigenvalue weighted by Gasteiger charge is -2.21. The molecule has 2 aromatic heterocycles. The molecule has 1 N–H and O–H groups in total. The smallest absolute Gasteiger partial charge is 0.289 e. The van der Waals surface area contributed by atoms with Gasteiger partial charge in [0.25, 0.3) is 0 Å². The van der Waals surface area contributed by atoms with Crippen molar-refractivity contribution in [3.05, 3.63) is 21.3 Å². The van der Waals surface area contributed by atoms with E-state index in [1.54, 1.807) is 10.8 Å². The molecule has 0 bridgehead atoms. The number of nitrogens with zero attached hydrogens (tertiary/aromatic N) is 3. The number of aromatic nitrogens is 4. The van der Waals surface area contributed by atoms with E-state index in [2.05, 4.69) is 30.9 Å².